The van der Waals surface area contributed by atoms with E-state index in [9.17, 15) is 23.3 Å². The van der Waals surface area contributed by atoms with Crippen LogP contribution in [0.2, 0.25) is 0 Å². The van der Waals surface area contributed by atoms with E-state index in [0.717, 1.165) is 6.42 Å². The molecule has 3 rings (SSSR count). The van der Waals surface area contributed by atoms with Gasteiger partial charge in [-0.2, -0.15) is 4.31 Å². The van der Waals surface area contributed by atoms with Gasteiger partial charge in [0.15, 0.2) is 4.90 Å². The van der Waals surface area contributed by atoms with Crippen molar-refractivity contribution in [2.75, 3.05) is 32.7 Å². The molecule has 28 heavy (non-hydrogen) atoms. The molecule has 0 radical (unpaired) electrons. The molecule has 156 valence electrons. The molecule has 1 N–H and O–H groups in total. The Morgan fingerprint density at radius 3 is 2.54 bits per heavy atom. The maximum Gasteiger partial charge on any atom is 0.289 e. The van der Waals surface area contributed by atoms with Gasteiger partial charge in [-0.3, -0.25) is 14.9 Å². The van der Waals surface area contributed by atoms with Crippen molar-refractivity contribution in [2.45, 2.75) is 37.6 Å². The molecule has 11 heteroatoms. The number of hydrogen-bond acceptors (Lipinski definition) is 6. The quantitative estimate of drug-likeness (QED) is 0.565. The van der Waals surface area contributed by atoms with Crippen molar-refractivity contribution < 1.29 is 18.1 Å². The lowest BCUT2D eigenvalue weighted by atomic mass is 10.1. The molecule has 2 aliphatic heterocycles. The fourth-order valence-electron chi connectivity index (χ4n) is 3.66. The van der Waals surface area contributed by atoms with Crippen LogP contribution in [0.4, 0.5) is 5.69 Å². The lowest BCUT2D eigenvalue weighted by Crippen LogP contribution is -2.57. The molecule has 1 aromatic carbocycles. The monoisotopic (exact) mass is 432 g/mol. The second kappa shape index (κ2) is 8.73. The lowest BCUT2D eigenvalue weighted by molar-refractivity contribution is -0.387. The molecule has 0 bridgehead atoms. The minimum absolute atomic E-state index is 0. The zero-order chi connectivity index (χ0) is 19.8. The number of nitrogens with one attached hydrogen (secondary N) is 1. The van der Waals surface area contributed by atoms with Crippen molar-refractivity contribution in [1.29, 1.82) is 0 Å². The van der Waals surface area contributed by atoms with E-state index < -0.39 is 20.6 Å². The van der Waals surface area contributed by atoms with Gasteiger partial charge in [0.2, 0.25) is 15.9 Å². The zero-order valence-corrected chi connectivity index (χ0v) is 17.5. The van der Waals surface area contributed by atoms with Crippen LogP contribution < -0.4 is 5.32 Å². The number of piperidine rings is 1. The van der Waals surface area contributed by atoms with Crippen LogP contribution in [-0.2, 0) is 14.8 Å². The van der Waals surface area contributed by atoms with Crippen LogP contribution in [0.1, 0.15) is 24.0 Å². The molecule has 2 aliphatic rings. The largest absolute Gasteiger partial charge is 0.336 e. The van der Waals surface area contributed by atoms with Crippen LogP contribution >= 0.6 is 12.4 Å². The van der Waals surface area contributed by atoms with Crippen molar-refractivity contribution in [3.63, 3.8) is 0 Å². The van der Waals surface area contributed by atoms with E-state index in [-0.39, 0.29) is 42.3 Å². The number of sulfonamides is 1. The van der Waals surface area contributed by atoms with E-state index >= 15 is 0 Å². The molecule has 0 aromatic heterocycles. The topological polar surface area (TPSA) is 113 Å². The molecular formula is C17H25ClN4O5S. The Balaban J connectivity index is 0.00000280. The lowest BCUT2D eigenvalue weighted by Gasteiger charge is -2.40. The summed E-state index contributed by atoms with van der Waals surface area (Å²) in [6.45, 7) is 5.38. The molecule has 2 heterocycles. The first kappa shape index (κ1) is 22.5. The highest BCUT2D eigenvalue weighted by Crippen LogP contribution is 2.31. The van der Waals surface area contributed by atoms with Gasteiger partial charge in [-0.15, -0.1) is 12.4 Å². The van der Waals surface area contributed by atoms with E-state index in [0.29, 0.717) is 37.2 Å². The van der Waals surface area contributed by atoms with Crippen LogP contribution in [0.5, 0.6) is 0 Å². The number of carbonyl (C=O) groups excluding carboxylic acids is 1. The second-order valence-electron chi connectivity index (χ2n) is 7.08. The first-order valence-corrected chi connectivity index (χ1v) is 10.4. The Morgan fingerprint density at radius 1 is 1.21 bits per heavy atom. The molecule has 0 saturated carbocycles. The average molecular weight is 433 g/mol. The van der Waals surface area contributed by atoms with Crippen molar-refractivity contribution in [3.05, 3.63) is 33.4 Å². The summed E-state index contributed by atoms with van der Waals surface area (Å²) in [7, 11) is -4.03. The predicted molar refractivity (Wildman–Crippen MR) is 106 cm³/mol. The van der Waals surface area contributed by atoms with Crippen molar-refractivity contribution in [3.8, 4) is 0 Å². The number of benzene rings is 1. The maximum atomic E-state index is 13.2. The van der Waals surface area contributed by atoms with Crippen LogP contribution in [0, 0.1) is 24.0 Å². The Labute approximate surface area is 170 Å². The number of aryl methyl sites for hydroxylation is 2. The molecule has 0 spiro atoms. The van der Waals surface area contributed by atoms with E-state index in [2.05, 4.69) is 5.32 Å². The number of rotatable bonds is 4. The normalized spacial score (nSPS) is 21.3. The minimum atomic E-state index is -4.03. The SMILES string of the molecule is Cc1cc([N+](=O)[O-])c(S(=O)(=O)N2CCCC(N3CCNCC3=O)C2)cc1C.Cl. The van der Waals surface area contributed by atoms with Gasteiger partial charge >= 0.3 is 0 Å². The average Bonchev–Trinajstić information content (AvgIpc) is 2.64. The van der Waals surface area contributed by atoms with E-state index in [1.807, 2.05) is 0 Å². The highest BCUT2D eigenvalue weighted by molar-refractivity contribution is 7.89. The van der Waals surface area contributed by atoms with Gasteiger partial charge in [-0.1, -0.05) is 0 Å². The summed E-state index contributed by atoms with van der Waals surface area (Å²) in [4.78, 5) is 24.4. The number of hydrogen-bond donors (Lipinski definition) is 1. The molecule has 1 atom stereocenters. The van der Waals surface area contributed by atoms with Gasteiger partial charge in [0.1, 0.15) is 0 Å². The van der Waals surface area contributed by atoms with E-state index in [1.165, 1.54) is 16.4 Å². The standard InChI is InChI=1S/C17H24N4O5S.ClH/c1-12-8-15(21(23)24)16(9-13(12)2)27(25,26)19-6-3-4-14(11-19)20-7-5-18-10-17(20)22;/h8-9,14,18H,3-7,10-11H2,1-2H3;1H. The number of halogens is 1. The number of piperazine rings is 1. The Kier molecular flexibility index (Phi) is 7.02. The third-order valence-corrected chi connectivity index (χ3v) is 7.21. The molecule has 1 aromatic rings. The Morgan fingerprint density at radius 2 is 1.89 bits per heavy atom. The highest BCUT2D eigenvalue weighted by Gasteiger charge is 2.38. The summed E-state index contributed by atoms with van der Waals surface area (Å²) in [5.74, 6) is -0.0392. The first-order chi connectivity index (χ1) is 12.7. The Hall–Kier alpha value is -1.75. The summed E-state index contributed by atoms with van der Waals surface area (Å²) in [6, 6.07) is 2.49. The molecule has 2 fully saturated rings. The summed E-state index contributed by atoms with van der Waals surface area (Å²) < 4.78 is 27.7. The minimum Gasteiger partial charge on any atom is -0.336 e. The summed E-state index contributed by atoms with van der Waals surface area (Å²) in [6.07, 6.45) is 1.34. The number of carbonyl (C=O) groups is 1. The number of amides is 1. The molecule has 0 aliphatic carbocycles. The highest BCUT2D eigenvalue weighted by atomic mass is 35.5. The van der Waals surface area contributed by atoms with Gasteiger partial charge in [-0.05, 0) is 43.9 Å². The van der Waals surface area contributed by atoms with Gasteiger partial charge in [-0.25, -0.2) is 8.42 Å². The zero-order valence-electron chi connectivity index (χ0n) is 15.9. The van der Waals surface area contributed by atoms with Crippen molar-refractivity contribution in [1.82, 2.24) is 14.5 Å². The maximum absolute atomic E-state index is 13.2. The van der Waals surface area contributed by atoms with Crippen molar-refractivity contribution in [2.24, 2.45) is 0 Å². The molecule has 2 saturated heterocycles. The number of nitrogens with zero attached hydrogens (tertiary/aromatic N) is 3. The molecular weight excluding hydrogens is 408 g/mol. The van der Waals surface area contributed by atoms with Crippen molar-refractivity contribution >= 4 is 34.0 Å². The summed E-state index contributed by atoms with van der Waals surface area (Å²) in [5, 5.41) is 14.4. The second-order valence-corrected chi connectivity index (χ2v) is 8.99. The predicted octanol–water partition coefficient (Wildman–Crippen LogP) is 1.22. The first-order valence-electron chi connectivity index (χ1n) is 8.98. The smallest absolute Gasteiger partial charge is 0.289 e. The van der Waals surface area contributed by atoms with Gasteiger partial charge in [0, 0.05) is 38.3 Å². The third kappa shape index (κ3) is 4.29. The van der Waals surface area contributed by atoms with Crippen LogP contribution in [0.25, 0.3) is 0 Å². The number of nitro groups is 1. The van der Waals surface area contributed by atoms with Crippen LogP contribution in [-0.4, -0.2) is 67.2 Å². The van der Waals surface area contributed by atoms with E-state index in [1.54, 1.807) is 18.7 Å². The number of nitro benzene ring substituents is 1. The van der Waals surface area contributed by atoms with Crippen LogP contribution in [0.3, 0.4) is 0 Å². The van der Waals surface area contributed by atoms with E-state index in [4.69, 9.17) is 0 Å². The molecule has 9 nitrogen and oxygen atoms in total. The van der Waals surface area contributed by atoms with Gasteiger partial charge < -0.3 is 10.2 Å². The molecule has 1 unspecified atom stereocenters. The van der Waals surface area contributed by atoms with Crippen LogP contribution in [0.15, 0.2) is 17.0 Å². The molecule has 1 amide bonds. The third-order valence-electron chi connectivity index (χ3n) is 5.32. The Bertz CT molecular complexity index is 877. The fraction of sp³-hybridized carbons (Fsp3) is 0.588. The van der Waals surface area contributed by atoms with Gasteiger partial charge in [0.05, 0.1) is 11.5 Å². The summed E-state index contributed by atoms with van der Waals surface area (Å²) >= 11 is 0. The fourth-order valence-corrected chi connectivity index (χ4v) is 5.40. The summed E-state index contributed by atoms with van der Waals surface area (Å²) in [5.41, 5.74) is 0.951. The van der Waals surface area contributed by atoms with Gasteiger partial charge in [0.25, 0.3) is 5.69 Å².